The lowest BCUT2D eigenvalue weighted by Gasteiger charge is -2.33. The zero-order chi connectivity index (χ0) is 21.2. The summed E-state index contributed by atoms with van der Waals surface area (Å²) in [6, 6.07) is 6.95. The molecule has 3 N–H and O–H groups in total. The maximum atomic E-state index is 12.9. The van der Waals surface area contributed by atoms with Gasteiger partial charge in [-0.1, -0.05) is 31.5 Å². The van der Waals surface area contributed by atoms with E-state index in [0.29, 0.717) is 42.7 Å². The van der Waals surface area contributed by atoms with Crippen molar-refractivity contribution in [3.05, 3.63) is 29.3 Å². The van der Waals surface area contributed by atoms with Crippen molar-refractivity contribution in [1.29, 1.82) is 5.41 Å². The number of benzene rings is 1. The average molecular weight is 420 g/mol. The molecule has 0 bridgehead atoms. The number of rotatable bonds is 5. The van der Waals surface area contributed by atoms with Crippen LogP contribution in [0.4, 0.5) is 10.5 Å². The van der Waals surface area contributed by atoms with Gasteiger partial charge in [-0.2, -0.15) is 0 Å². The lowest BCUT2D eigenvalue weighted by molar-refractivity contribution is -0.131. The van der Waals surface area contributed by atoms with Crippen LogP contribution in [0, 0.1) is 17.2 Å². The fourth-order valence-electron chi connectivity index (χ4n) is 4.26. The molecule has 0 saturated carbocycles. The molecule has 158 valence electrons. The van der Waals surface area contributed by atoms with Crippen LogP contribution in [0.15, 0.2) is 24.3 Å². The molecule has 1 aromatic rings. The molecule has 0 aliphatic carbocycles. The van der Waals surface area contributed by atoms with Gasteiger partial charge in [0.2, 0.25) is 0 Å². The number of likely N-dealkylation sites (tertiary alicyclic amines) is 1. The minimum absolute atomic E-state index is 0.0164. The van der Waals surface area contributed by atoms with Gasteiger partial charge in [0.25, 0.3) is 5.91 Å². The number of urea groups is 1. The molecule has 8 heteroatoms. The van der Waals surface area contributed by atoms with Gasteiger partial charge in [-0.15, -0.1) is 0 Å². The van der Waals surface area contributed by atoms with Crippen molar-refractivity contribution in [1.82, 2.24) is 15.1 Å². The van der Waals surface area contributed by atoms with Gasteiger partial charge >= 0.3 is 6.03 Å². The zero-order valence-electron chi connectivity index (χ0n) is 17.3. The molecule has 0 spiro atoms. The van der Waals surface area contributed by atoms with Crippen LogP contribution in [-0.4, -0.2) is 52.9 Å². The molecule has 1 unspecified atom stereocenters. The van der Waals surface area contributed by atoms with Gasteiger partial charge in [0, 0.05) is 30.3 Å². The lowest BCUT2D eigenvalue weighted by Crippen LogP contribution is -2.46. The van der Waals surface area contributed by atoms with Gasteiger partial charge < -0.3 is 15.5 Å². The Balaban J connectivity index is 1.51. The van der Waals surface area contributed by atoms with Crippen LogP contribution < -0.4 is 10.6 Å². The summed E-state index contributed by atoms with van der Waals surface area (Å²) in [6.07, 6.45) is 2.31. The van der Waals surface area contributed by atoms with Crippen LogP contribution in [-0.2, 0) is 4.79 Å². The van der Waals surface area contributed by atoms with Crippen molar-refractivity contribution in [2.45, 2.75) is 45.6 Å². The molecule has 2 saturated heterocycles. The highest BCUT2D eigenvalue weighted by Gasteiger charge is 2.46. The lowest BCUT2D eigenvalue weighted by atomic mass is 9.90. The van der Waals surface area contributed by atoms with Gasteiger partial charge in [0.15, 0.2) is 5.96 Å². The van der Waals surface area contributed by atoms with Gasteiger partial charge in [-0.05, 0) is 56.2 Å². The summed E-state index contributed by atoms with van der Waals surface area (Å²) in [5.41, 5.74) is -0.0146. The maximum absolute atomic E-state index is 12.9. The largest absolute Gasteiger partial charge is 0.342 e. The Morgan fingerprint density at radius 3 is 2.69 bits per heavy atom. The molecule has 1 aromatic carbocycles. The number of halogens is 1. The number of carbonyl (C=O) groups is 2. The summed E-state index contributed by atoms with van der Waals surface area (Å²) in [4.78, 5) is 28.7. The summed E-state index contributed by atoms with van der Waals surface area (Å²) in [6.45, 7) is 7.83. The first-order valence-electron chi connectivity index (χ1n) is 10.2. The number of guanidine groups is 1. The fourth-order valence-corrected chi connectivity index (χ4v) is 4.45. The van der Waals surface area contributed by atoms with E-state index in [2.05, 4.69) is 24.5 Å². The molecule has 2 fully saturated rings. The van der Waals surface area contributed by atoms with Crippen LogP contribution in [0.2, 0.25) is 5.02 Å². The molecule has 1 atom stereocenters. The first kappa shape index (κ1) is 21.4. The van der Waals surface area contributed by atoms with Crippen molar-refractivity contribution in [2.24, 2.45) is 11.8 Å². The van der Waals surface area contributed by atoms with E-state index >= 15 is 0 Å². The van der Waals surface area contributed by atoms with E-state index in [0.717, 1.165) is 12.8 Å². The number of hydrogen-bond acceptors (Lipinski definition) is 3. The van der Waals surface area contributed by atoms with Crippen LogP contribution in [0.3, 0.4) is 0 Å². The van der Waals surface area contributed by atoms with E-state index in [1.54, 1.807) is 28.0 Å². The number of nitrogens with one attached hydrogen (secondary N) is 3. The van der Waals surface area contributed by atoms with Gasteiger partial charge in [-0.25, -0.2) is 4.79 Å². The smallest absolute Gasteiger partial charge is 0.321 e. The van der Waals surface area contributed by atoms with Gasteiger partial charge in [0.05, 0.1) is 0 Å². The minimum Gasteiger partial charge on any atom is -0.342 e. The molecule has 7 nitrogen and oxygen atoms in total. The Morgan fingerprint density at radius 2 is 2.07 bits per heavy atom. The van der Waals surface area contributed by atoms with E-state index in [1.165, 1.54) is 0 Å². The highest BCUT2D eigenvalue weighted by Crippen LogP contribution is 2.27. The van der Waals surface area contributed by atoms with Crippen LogP contribution in [0.5, 0.6) is 0 Å². The van der Waals surface area contributed by atoms with Crippen molar-refractivity contribution >= 4 is 35.2 Å². The number of anilines is 1. The summed E-state index contributed by atoms with van der Waals surface area (Å²) in [7, 11) is 0. The second-order valence-corrected chi connectivity index (χ2v) is 9.13. The molecule has 0 radical (unpaired) electrons. The Hall–Kier alpha value is -2.28. The van der Waals surface area contributed by atoms with Crippen LogP contribution >= 0.6 is 11.6 Å². The zero-order valence-corrected chi connectivity index (χ0v) is 18.1. The van der Waals surface area contributed by atoms with E-state index in [4.69, 9.17) is 17.0 Å². The Labute approximate surface area is 177 Å². The third-order valence-electron chi connectivity index (χ3n) is 5.62. The topological polar surface area (TPSA) is 88.5 Å². The minimum atomic E-state index is -0.692. The van der Waals surface area contributed by atoms with Crippen LogP contribution in [0.1, 0.15) is 40.0 Å². The van der Waals surface area contributed by atoms with Gasteiger partial charge in [0.1, 0.15) is 5.54 Å². The Kier molecular flexibility index (Phi) is 6.36. The van der Waals surface area contributed by atoms with E-state index in [1.807, 2.05) is 13.0 Å². The highest BCUT2D eigenvalue weighted by atomic mass is 35.5. The first-order chi connectivity index (χ1) is 13.7. The Morgan fingerprint density at radius 1 is 1.38 bits per heavy atom. The molecule has 3 amide bonds. The van der Waals surface area contributed by atoms with Crippen molar-refractivity contribution in [3.63, 3.8) is 0 Å². The summed E-state index contributed by atoms with van der Waals surface area (Å²) in [5.74, 6) is 0.819. The first-order valence-corrected chi connectivity index (χ1v) is 10.6. The molecule has 2 aliphatic heterocycles. The fraction of sp³-hybridized carbons (Fsp3) is 0.571. The number of piperidine rings is 1. The second kappa shape index (κ2) is 8.61. The van der Waals surface area contributed by atoms with Gasteiger partial charge in [-0.3, -0.25) is 15.1 Å². The van der Waals surface area contributed by atoms with Crippen molar-refractivity contribution in [2.75, 3.05) is 25.0 Å². The predicted molar refractivity (Wildman–Crippen MR) is 115 cm³/mol. The maximum Gasteiger partial charge on any atom is 0.321 e. The molecular weight excluding hydrogens is 390 g/mol. The number of hydrogen-bond donors (Lipinski definition) is 3. The van der Waals surface area contributed by atoms with E-state index < -0.39 is 5.54 Å². The van der Waals surface area contributed by atoms with E-state index in [-0.39, 0.29) is 23.8 Å². The van der Waals surface area contributed by atoms with Crippen molar-refractivity contribution < 1.29 is 9.59 Å². The third kappa shape index (κ3) is 5.01. The summed E-state index contributed by atoms with van der Waals surface area (Å²) in [5, 5.41) is 14.8. The average Bonchev–Trinajstić information content (AvgIpc) is 2.84. The molecule has 0 aromatic heterocycles. The number of nitrogens with zero attached hydrogens (tertiary/aromatic N) is 2. The standard InChI is InChI=1S/C21H30ClN5O2/c1-14(2)12-21(3)18(28)27(19(23)25-21)13-15-7-9-26(10-8-15)20(29)24-17-6-4-5-16(22)11-17/h4-6,11,14-15H,7-10,12-13H2,1-3H3,(H2,23,25)(H,24,29). The molecule has 29 heavy (non-hydrogen) atoms. The molecular formula is C21H30ClN5O2. The summed E-state index contributed by atoms with van der Waals surface area (Å²) >= 11 is 5.97. The Bertz CT molecular complexity index is 791. The van der Waals surface area contributed by atoms with Crippen LogP contribution in [0.25, 0.3) is 0 Å². The number of amides is 3. The predicted octanol–water partition coefficient (Wildman–Crippen LogP) is 3.76. The molecule has 3 rings (SSSR count). The summed E-state index contributed by atoms with van der Waals surface area (Å²) < 4.78 is 0. The molecule has 2 heterocycles. The normalized spacial score (nSPS) is 22.9. The molecule has 2 aliphatic rings. The SMILES string of the molecule is CC(C)CC1(C)NC(=N)N(CC2CCN(C(=O)Nc3cccc(Cl)c3)CC2)C1=O. The third-order valence-corrected chi connectivity index (χ3v) is 5.85. The number of carbonyl (C=O) groups excluding carboxylic acids is 2. The highest BCUT2D eigenvalue weighted by molar-refractivity contribution is 6.30. The monoisotopic (exact) mass is 419 g/mol. The quantitative estimate of drug-likeness (QED) is 0.678. The van der Waals surface area contributed by atoms with E-state index in [9.17, 15) is 9.59 Å². The van der Waals surface area contributed by atoms with Crippen molar-refractivity contribution in [3.8, 4) is 0 Å². The second-order valence-electron chi connectivity index (χ2n) is 8.69.